The minimum atomic E-state index is 0.769. The van der Waals surface area contributed by atoms with E-state index in [0.29, 0.717) is 0 Å². The second-order valence-corrected chi connectivity index (χ2v) is 6.08. The fraction of sp³-hybridized carbons (Fsp3) is 0.316. The number of likely N-dealkylation sites (N-methyl/N-ethyl adjacent to an activating group) is 1. The third-order valence-electron chi connectivity index (χ3n) is 3.99. The Kier molecular flexibility index (Phi) is 5.46. The van der Waals surface area contributed by atoms with Crippen LogP contribution in [0.1, 0.15) is 16.9 Å². The zero-order valence-electron chi connectivity index (χ0n) is 14.2. The minimum Gasteiger partial charge on any atom is -0.460 e. The molecule has 0 aliphatic carbocycles. The predicted molar refractivity (Wildman–Crippen MR) is 95.5 cm³/mol. The molecule has 5 heteroatoms. The van der Waals surface area contributed by atoms with E-state index in [-0.39, 0.29) is 0 Å². The molecule has 0 atom stereocenters. The second-order valence-electron chi connectivity index (χ2n) is 6.08. The Morgan fingerprint density at radius 3 is 2.75 bits per heavy atom. The van der Waals surface area contributed by atoms with Crippen molar-refractivity contribution < 1.29 is 4.42 Å². The number of benzene rings is 1. The summed E-state index contributed by atoms with van der Waals surface area (Å²) in [6.45, 7) is 5.59. The van der Waals surface area contributed by atoms with Crippen LogP contribution < -0.4 is 5.32 Å². The highest BCUT2D eigenvalue weighted by Crippen LogP contribution is 2.23. The fourth-order valence-electron chi connectivity index (χ4n) is 2.69. The highest BCUT2D eigenvalue weighted by atomic mass is 16.3. The van der Waals surface area contributed by atoms with Gasteiger partial charge < -0.3 is 14.6 Å². The molecule has 0 unspecified atom stereocenters. The van der Waals surface area contributed by atoms with E-state index >= 15 is 0 Å². The van der Waals surface area contributed by atoms with Gasteiger partial charge in [-0.3, -0.25) is 5.10 Å². The lowest BCUT2D eigenvalue weighted by atomic mass is 10.2. The molecule has 24 heavy (non-hydrogen) atoms. The maximum Gasteiger partial charge on any atom is 0.152 e. The van der Waals surface area contributed by atoms with Gasteiger partial charge in [-0.25, -0.2) is 0 Å². The summed E-state index contributed by atoms with van der Waals surface area (Å²) in [5, 5.41) is 10.6. The molecule has 2 N–H and O–H groups in total. The number of rotatable bonds is 8. The molecule has 0 aliphatic rings. The molecular formula is C19H24N4O. The van der Waals surface area contributed by atoms with Crippen LogP contribution in [-0.2, 0) is 13.1 Å². The monoisotopic (exact) mass is 324 g/mol. The summed E-state index contributed by atoms with van der Waals surface area (Å²) in [5.41, 5.74) is 3.41. The largest absolute Gasteiger partial charge is 0.460 e. The molecule has 0 amide bonds. The number of hydrogen-bond donors (Lipinski definition) is 2. The van der Waals surface area contributed by atoms with Gasteiger partial charge in [0, 0.05) is 31.7 Å². The Morgan fingerprint density at radius 1 is 1.17 bits per heavy atom. The topological polar surface area (TPSA) is 57.1 Å². The first-order valence-electron chi connectivity index (χ1n) is 8.24. The van der Waals surface area contributed by atoms with E-state index in [0.717, 1.165) is 49.0 Å². The van der Waals surface area contributed by atoms with Crippen LogP contribution in [0.4, 0.5) is 0 Å². The van der Waals surface area contributed by atoms with Crippen molar-refractivity contribution in [2.45, 2.75) is 20.0 Å². The number of furan rings is 1. The van der Waals surface area contributed by atoms with Crippen molar-refractivity contribution in [1.29, 1.82) is 0 Å². The van der Waals surface area contributed by atoms with Gasteiger partial charge >= 0.3 is 0 Å². The molecule has 126 valence electrons. The van der Waals surface area contributed by atoms with Crippen LogP contribution >= 0.6 is 0 Å². The minimum absolute atomic E-state index is 0.769. The van der Waals surface area contributed by atoms with Gasteiger partial charge in [-0.05, 0) is 31.7 Å². The summed E-state index contributed by atoms with van der Waals surface area (Å²) < 4.78 is 5.67. The Hall–Kier alpha value is -2.37. The van der Waals surface area contributed by atoms with E-state index in [4.69, 9.17) is 4.42 Å². The predicted octanol–water partition coefficient (Wildman–Crippen LogP) is 3.20. The first-order valence-corrected chi connectivity index (χ1v) is 8.24. The maximum atomic E-state index is 5.67. The lowest BCUT2D eigenvalue weighted by molar-refractivity contribution is 0.324. The number of nitrogens with one attached hydrogen (secondary N) is 2. The van der Waals surface area contributed by atoms with Crippen molar-refractivity contribution in [3.63, 3.8) is 0 Å². The van der Waals surface area contributed by atoms with Crippen LogP contribution in [0.3, 0.4) is 0 Å². The molecule has 0 radical (unpaired) electrons. The Bertz CT molecular complexity index is 748. The molecule has 2 aromatic heterocycles. The van der Waals surface area contributed by atoms with Crippen LogP contribution in [0.15, 0.2) is 53.1 Å². The summed E-state index contributed by atoms with van der Waals surface area (Å²) in [6.07, 6.45) is 1.86. The summed E-state index contributed by atoms with van der Waals surface area (Å²) in [7, 11) is 2.14. The summed E-state index contributed by atoms with van der Waals surface area (Å²) in [4.78, 5) is 2.31. The lowest BCUT2D eigenvalue weighted by Gasteiger charge is -2.17. The first-order chi connectivity index (χ1) is 11.7. The van der Waals surface area contributed by atoms with Crippen LogP contribution in [0, 0.1) is 6.92 Å². The SMILES string of the molecule is Cc1ccc(-c2[nH]ncc2CNCCN(C)Cc2ccccc2)o1. The lowest BCUT2D eigenvalue weighted by Crippen LogP contribution is -2.28. The molecule has 0 saturated heterocycles. The van der Waals surface area contributed by atoms with E-state index in [1.807, 2.05) is 31.3 Å². The first kappa shape index (κ1) is 16.5. The van der Waals surface area contributed by atoms with E-state index < -0.39 is 0 Å². The Balaban J connectivity index is 1.45. The highest BCUT2D eigenvalue weighted by molar-refractivity contribution is 5.56. The van der Waals surface area contributed by atoms with Gasteiger partial charge in [0.25, 0.3) is 0 Å². The van der Waals surface area contributed by atoms with Gasteiger partial charge in [-0.15, -0.1) is 0 Å². The summed E-state index contributed by atoms with van der Waals surface area (Å²) in [6, 6.07) is 14.5. The third kappa shape index (κ3) is 4.34. The molecule has 0 saturated carbocycles. The van der Waals surface area contributed by atoms with Crippen LogP contribution in [-0.4, -0.2) is 35.2 Å². The van der Waals surface area contributed by atoms with Gasteiger partial charge in [0.05, 0.1) is 6.20 Å². The number of aromatic amines is 1. The molecule has 0 bridgehead atoms. The van der Waals surface area contributed by atoms with Crippen molar-refractivity contribution in [1.82, 2.24) is 20.4 Å². The van der Waals surface area contributed by atoms with E-state index in [2.05, 4.69) is 51.7 Å². The molecule has 0 spiro atoms. The second kappa shape index (κ2) is 7.95. The zero-order valence-corrected chi connectivity index (χ0v) is 14.2. The Morgan fingerprint density at radius 2 is 2.00 bits per heavy atom. The fourth-order valence-corrected chi connectivity index (χ4v) is 2.69. The van der Waals surface area contributed by atoms with E-state index in [1.54, 1.807) is 0 Å². The van der Waals surface area contributed by atoms with Gasteiger partial charge in [0.2, 0.25) is 0 Å². The molecule has 1 aromatic carbocycles. The summed E-state index contributed by atoms with van der Waals surface area (Å²) >= 11 is 0. The molecule has 0 aliphatic heterocycles. The normalized spacial score (nSPS) is 11.3. The van der Waals surface area contributed by atoms with Gasteiger partial charge in [-0.1, -0.05) is 30.3 Å². The molecule has 3 rings (SSSR count). The number of hydrogen-bond acceptors (Lipinski definition) is 4. The molecule has 0 fully saturated rings. The van der Waals surface area contributed by atoms with Gasteiger partial charge in [0.15, 0.2) is 5.76 Å². The standard InChI is InChI=1S/C19H24N4O/c1-15-8-9-18(24-15)19-17(13-21-22-19)12-20-10-11-23(2)14-16-6-4-3-5-7-16/h3-9,13,20H,10-12,14H2,1-2H3,(H,21,22). The van der Waals surface area contributed by atoms with E-state index in [9.17, 15) is 0 Å². The third-order valence-corrected chi connectivity index (χ3v) is 3.99. The average Bonchev–Trinajstić information content (AvgIpc) is 3.21. The van der Waals surface area contributed by atoms with Crippen LogP contribution in [0.5, 0.6) is 0 Å². The van der Waals surface area contributed by atoms with Gasteiger partial charge in [-0.2, -0.15) is 5.10 Å². The summed E-state index contributed by atoms with van der Waals surface area (Å²) in [5.74, 6) is 1.74. The smallest absolute Gasteiger partial charge is 0.152 e. The quantitative estimate of drug-likeness (QED) is 0.625. The van der Waals surface area contributed by atoms with Gasteiger partial charge in [0.1, 0.15) is 11.5 Å². The number of H-pyrrole nitrogens is 1. The number of aryl methyl sites for hydroxylation is 1. The molecule has 5 nitrogen and oxygen atoms in total. The van der Waals surface area contributed by atoms with Crippen molar-refractivity contribution in [2.75, 3.05) is 20.1 Å². The Labute approximate surface area is 142 Å². The average molecular weight is 324 g/mol. The number of aromatic nitrogens is 2. The molecular weight excluding hydrogens is 300 g/mol. The highest BCUT2D eigenvalue weighted by Gasteiger charge is 2.10. The van der Waals surface area contributed by atoms with Crippen LogP contribution in [0.25, 0.3) is 11.5 Å². The van der Waals surface area contributed by atoms with Crippen molar-refractivity contribution in [2.24, 2.45) is 0 Å². The molecule has 3 aromatic rings. The number of nitrogens with zero attached hydrogens (tertiary/aromatic N) is 2. The molecule has 2 heterocycles. The van der Waals surface area contributed by atoms with Crippen molar-refractivity contribution in [3.05, 3.63) is 65.5 Å². The maximum absolute atomic E-state index is 5.67. The van der Waals surface area contributed by atoms with Crippen molar-refractivity contribution in [3.8, 4) is 11.5 Å². The van der Waals surface area contributed by atoms with E-state index in [1.165, 1.54) is 5.56 Å². The van der Waals surface area contributed by atoms with Crippen LogP contribution in [0.2, 0.25) is 0 Å². The zero-order chi connectivity index (χ0) is 16.8. The van der Waals surface area contributed by atoms with Crippen molar-refractivity contribution >= 4 is 0 Å².